The number of carboxylic acid groups (broad SMARTS) is 1. The predicted octanol–water partition coefficient (Wildman–Crippen LogP) is 1.76. The minimum absolute atomic E-state index is 0.287. The molecule has 0 heterocycles. The zero-order valence-corrected chi connectivity index (χ0v) is 10.4. The molecule has 18 heavy (non-hydrogen) atoms. The van der Waals surface area contributed by atoms with Crippen molar-refractivity contribution < 1.29 is 24.2 Å². The Labute approximate surface area is 105 Å². The first-order chi connectivity index (χ1) is 8.47. The smallest absolute Gasteiger partial charge is 0.339 e. The van der Waals surface area contributed by atoms with E-state index in [-0.39, 0.29) is 5.57 Å². The van der Waals surface area contributed by atoms with Gasteiger partial charge in [0.2, 0.25) is 0 Å². The monoisotopic (exact) mass is 250 g/mol. The molecule has 5 heteroatoms. The second kappa shape index (κ2) is 5.86. The summed E-state index contributed by atoms with van der Waals surface area (Å²) >= 11 is 0. The summed E-state index contributed by atoms with van der Waals surface area (Å²) in [5.41, 5.74) is 0.240. The van der Waals surface area contributed by atoms with Gasteiger partial charge in [0.1, 0.15) is 17.1 Å². The van der Waals surface area contributed by atoms with Crippen molar-refractivity contribution in [3.63, 3.8) is 0 Å². The van der Waals surface area contributed by atoms with Crippen LogP contribution in [0.25, 0.3) is 6.08 Å². The minimum atomic E-state index is -1.26. The molecule has 0 saturated heterocycles. The minimum Gasteiger partial charge on any atom is -0.497 e. The molecular formula is C13H14O5. The van der Waals surface area contributed by atoms with Gasteiger partial charge in [-0.1, -0.05) is 0 Å². The zero-order chi connectivity index (χ0) is 13.7. The maximum Gasteiger partial charge on any atom is 0.339 e. The third-order valence-electron chi connectivity index (χ3n) is 2.29. The van der Waals surface area contributed by atoms with E-state index in [0.29, 0.717) is 17.1 Å². The number of carboxylic acids is 1. The summed E-state index contributed by atoms with van der Waals surface area (Å²) in [5, 5.41) is 8.91. The molecule has 5 nitrogen and oxygen atoms in total. The average molecular weight is 250 g/mol. The Morgan fingerprint density at radius 2 is 1.61 bits per heavy atom. The molecule has 1 rings (SSSR count). The summed E-state index contributed by atoms with van der Waals surface area (Å²) in [6.07, 6.45) is 1.29. The number of carbonyl (C=O) groups excluding carboxylic acids is 1. The van der Waals surface area contributed by atoms with Crippen LogP contribution in [0.15, 0.2) is 23.8 Å². The van der Waals surface area contributed by atoms with Gasteiger partial charge >= 0.3 is 5.97 Å². The highest BCUT2D eigenvalue weighted by Crippen LogP contribution is 2.24. The Bertz CT molecular complexity index is 464. The highest BCUT2D eigenvalue weighted by Gasteiger charge is 2.13. The van der Waals surface area contributed by atoms with Crippen molar-refractivity contribution in [1.29, 1.82) is 0 Å². The van der Waals surface area contributed by atoms with Crippen LogP contribution in [0.3, 0.4) is 0 Å². The summed E-state index contributed by atoms with van der Waals surface area (Å²) in [4.78, 5) is 22.1. The van der Waals surface area contributed by atoms with Crippen molar-refractivity contribution in [1.82, 2.24) is 0 Å². The molecule has 0 bridgehead atoms. The van der Waals surface area contributed by atoms with Crippen LogP contribution in [-0.4, -0.2) is 31.1 Å². The van der Waals surface area contributed by atoms with E-state index in [1.165, 1.54) is 27.2 Å². The number of carbonyl (C=O) groups is 2. The molecule has 0 aromatic heterocycles. The maximum atomic E-state index is 11.2. The van der Waals surface area contributed by atoms with Gasteiger partial charge in [-0.2, -0.15) is 0 Å². The number of hydrogen-bond donors (Lipinski definition) is 1. The van der Waals surface area contributed by atoms with Crippen LogP contribution < -0.4 is 9.47 Å². The Kier molecular flexibility index (Phi) is 4.48. The van der Waals surface area contributed by atoms with E-state index < -0.39 is 11.8 Å². The van der Waals surface area contributed by atoms with Crippen molar-refractivity contribution in [2.75, 3.05) is 14.2 Å². The Morgan fingerprint density at radius 3 is 1.94 bits per heavy atom. The van der Waals surface area contributed by atoms with Gasteiger partial charge in [0.15, 0.2) is 5.78 Å². The van der Waals surface area contributed by atoms with Gasteiger partial charge in [-0.25, -0.2) is 4.79 Å². The van der Waals surface area contributed by atoms with Gasteiger partial charge in [0, 0.05) is 6.07 Å². The van der Waals surface area contributed by atoms with E-state index in [9.17, 15) is 9.59 Å². The molecule has 96 valence electrons. The van der Waals surface area contributed by atoms with Crippen LogP contribution in [0, 0.1) is 0 Å². The molecule has 0 spiro atoms. The molecule has 1 N–H and O–H groups in total. The van der Waals surface area contributed by atoms with Gasteiger partial charge in [-0.05, 0) is 30.7 Å². The molecule has 1 aromatic rings. The van der Waals surface area contributed by atoms with Crippen LogP contribution in [0.4, 0.5) is 0 Å². The fourth-order valence-electron chi connectivity index (χ4n) is 1.39. The van der Waals surface area contributed by atoms with Crippen molar-refractivity contribution in [3.8, 4) is 11.5 Å². The molecule has 0 saturated carbocycles. The predicted molar refractivity (Wildman–Crippen MR) is 65.8 cm³/mol. The lowest BCUT2D eigenvalue weighted by Gasteiger charge is -2.06. The lowest BCUT2D eigenvalue weighted by molar-refractivity contribution is -0.134. The van der Waals surface area contributed by atoms with Crippen LogP contribution in [0.2, 0.25) is 0 Å². The van der Waals surface area contributed by atoms with E-state index in [1.807, 2.05) is 0 Å². The number of Topliss-reactive ketones (excluding diaryl/α,β-unsaturated/α-hetero) is 1. The van der Waals surface area contributed by atoms with E-state index >= 15 is 0 Å². The summed E-state index contributed by atoms with van der Waals surface area (Å²) in [7, 11) is 2.98. The van der Waals surface area contributed by atoms with Gasteiger partial charge in [-0.15, -0.1) is 0 Å². The van der Waals surface area contributed by atoms with E-state index in [1.54, 1.807) is 18.2 Å². The van der Waals surface area contributed by atoms with Crippen molar-refractivity contribution in [3.05, 3.63) is 29.3 Å². The van der Waals surface area contributed by atoms with Crippen LogP contribution in [0.1, 0.15) is 12.5 Å². The second-order valence-corrected chi connectivity index (χ2v) is 3.57. The van der Waals surface area contributed by atoms with Crippen LogP contribution in [-0.2, 0) is 9.59 Å². The molecular weight excluding hydrogens is 236 g/mol. The Hall–Kier alpha value is -2.30. The fraction of sp³-hybridized carbons (Fsp3) is 0.231. The number of rotatable bonds is 5. The number of benzene rings is 1. The first-order valence-corrected chi connectivity index (χ1v) is 5.17. The molecule has 0 aliphatic rings. The largest absolute Gasteiger partial charge is 0.497 e. The first kappa shape index (κ1) is 13.8. The molecule has 0 radical (unpaired) electrons. The molecule has 0 aliphatic carbocycles. The normalized spacial score (nSPS) is 10.9. The van der Waals surface area contributed by atoms with E-state index in [2.05, 4.69) is 0 Å². The highest BCUT2D eigenvalue weighted by molar-refractivity contribution is 6.19. The van der Waals surface area contributed by atoms with E-state index in [0.717, 1.165) is 0 Å². The maximum absolute atomic E-state index is 11.2. The van der Waals surface area contributed by atoms with Gasteiger partial charge in [-0.3, -0.25) is 4.79 Å². The quantitative estimate of drug-likeness (QED) is 0.489. The first-order valence-electron chi connectivity index (χ1n) is 5.17. The summed E-state index contributed by atoms with van der Waals surface area (Å²) < 4.78 is 10.1. The van der Waals surface area contributed by atoms with Crippen LogP contribution >= 0.6 is 0 Å². The van der Waals surface area contributed by atoms with Crippen molar-refractivity contribution in [2.24, 2.45) is 0 Å². The molecule has 0 atom stereocenters. The van der Waals surface area contributed by atoms with Gasteiger partial charge in [0.05, 0.1) is 14.2 Å². The molecule has 0 amide bonds. The number of aliphatic carboxylic acids is 1. The van der Waals surface area contributed by atoms with Crippen molar-refractivity contribution >= 4 is 17.8 Å². The molecule has 0 fully saturated rings. The Balaban J connectivity index is 3.27. The molecule has 0 aliphatic heterocycles. The number of methoxy groups -OCH3 is 2. The number of ether oxygens (including phenoxy) is 2. The zero-order valence-electron chi connectivity index (χ0n) is 10.4. The second-order valence-electron chi connectivity index (χ2n) is 3.57. The number of ketones is 1. The summed E-state index contributed by atoms with van der Waals surface area (Å²) in [5.74, 6) is -0.726. The summed E-state index contributed by atoms with van der Waals surface area (Å²) in [6.45, 7) is 1.21. The SMILES string of the molecule is COc1cc(C=C(C(C)=O)C(=O)O)cc(OC)c1. The number of hydrogen-bond acceptors (Lipinski definition) is 4. The van der Waals surface area contributed by atoms with Gasteiger partial charge < -0.3 is 14.6 Å². The lowest BCUT2D eigenvalue weighted by Crippen LogP contribution is -2.08. The lowest BCUT2D eigenvalue weighted by atomic mass is 10.1. The molecule has 1 aromatic carbocycles. The van der Waals surface area contributed by atoms with E-state index in [4.69, 9.17) is 14.6 Å². The highest BCUT2D eigenvalue weighted by atomic mass is 16.5. The standard InChI is InChI=1S/C13H14O5/c1-8(14)12(13(15)16)6-9-4-10(17-2)7-11(5-9)18-3/h4-7H,1-3H3,(H,15,16). The third-order valence-corrected chi connectivity index (χ3v) is 2.29. The van der Waals surface area contributed by atoms with Crippen LogP contribution in [0.5, 0.6) is 11.5 Å². The van der Waals surface area contributed by atoms with Crippen molar-refractivity contribution in [2.45, 2.75) is 6.92 Å². The topological polar surface area (TPSA) is 72.8 Å². The molecule has 0 unspecified atom stereocenters. The Morgan fingerprint density at radius 1 is 1.11 bits per heavy atom. The average Bonchev–Trinajstić information content (AvgIpc) is 2.34. The summed E-state index contributed by atoms with van der Waals surface area (Å²) in [6, 6.07) is 4.90. The fourth-order valence-corrected chi connectivity index (χ4v) is 1.39. The third kappa shape index (κ3) is 3.35. The van der Waals surface area contributed by atoms with Gasteiger partial charge in [0.25, 0.3) is 0 Å².